The molecule has 1 amide bonds. The average molecular weight is 493 g/mol. The number of ether oxygens (including phenoxy) is 1. The summed E-state index contributed by atoms with van der Waals surface area (Å²) in [6, 6.07) is 15.2. The third kappa shape index (κ3) is 5.12. The van der Waals surface area contributed by atoms with E-state index in [9.17, 15) is 14.7 Å². The van der Waals surface area contributed by atoms with Gasteiger partial charge in [-0.2, -0.15) is 5.10 Å². The largest absolute Gasteiger partial charge is 0.496 e. The van der Waals surface area contributed by atoms with Crippen molar-refractivity contribution < 1.29 is 19.4 Å². The van der Waals surface area contributed by atoms with E-state index in [0.717, 1.165) is 10.9 Å². The average Bonchev–Trinajstić information content (AvgIpc) is 3.28. The van der Waals surface area contributed by atoms with Gasteiger partial charge in [-0.05, 0) is 54.8 Å². The molecule has 180 valence electrons. The SMILES string of the molecule is COc1ccccc1-c1cc(C(=O)N[C@H](CC(C)C)C(=O)O)nn1-c1ccnc2cc(Cl)ccc12. The highest BCUT2D eigenvalue weighted by atomic mass is 35.5. The lowest BCUT2D eigenvalue weighted by molar-refractivity contribution is -0.139. The van der Waals surface area contributed by atoms with E-state index in [-0.39, 0.29) is 11.6 Å². The number of hydrogen-bond acceptors (Lipinski definition) is 5. The van der Waals surface area contributed by atoms with Gasteiger partial charge in [-0.15, -0.1) is 0 Å². The van der Waals surface area contributed by atoms with Crippen LogP contribution in [0.25, 0.3) is 27.8 Å². The van der Waals surface area contributed by atoms with Crippen LogP contribution in [0.3, 0.4) is 0 Å². The lowest BCUT2D eigenvalue weighted by Gasteiger charge is -2.15. The summed E-state index contributed by atoms with van der Waals surface area (Å²) in [7, 11) is 1.57. The van der Waals surface area contributed by atoms with Gasteiger partial charge in [0.2, 0.25) is 0 Å². The van der Waals surface area contributed by atoms with Gasteiger partial charge in [0.05, 0.1) is 24.0 Å². The molecule has 0 radical (unpaired) electrons. The molecule has 1 atom stereocenters. The van der Waals surface area contributed by atoms with Gasteiger partial charge >= 0.3 is 5.97 Å². The maximum atomic E-state index is 13.1. The van der Waals surface area contributed by atoms with E-state index >= 15 is 0 Å². The molecule has 2 aromatic heterocycles. The summed E-state index contributed by atoms with van der Waals surface area (Å²) in [5.41, 5.74) is 2.76. The predicted molar refractivity (Wildman–Crippen MR) is 134 cm³/mol. The van der Waals surface area contributed by atoms with E-state index in [1.54, 1.807) is 42.3 Å². The van der Waals surface area contributed by atoms with Crippen molar-refractivity contribution in [2.24, 2.45) is 5.92 Å². The summed E-state index contributed by atoms with van der Waals surface area (Å²) in [4.78, 5) is 29.2. The molecule has 0 saturated heterocycles. The number of carboxylic acids is 1. The Kier molecular flexibility index (Phi) is 7.02. The van der Waals surface area contributed by atoms with Crippen LogP contribution in [0.1, 0.15) is 30.8 Å². The molecule has 4 aromatic rings. The summed E-state index contributed by atoms with van der Waals surface area (Å²) in [5, 5.41) is 18.1. The van der Waals surface area contributed by atoms with Crippen LogP contribution in [-0.2, 0) is 4.79 Å². The molecule has 0 unspecified atom stereocenters. The lowest BCUT2D eigenvalue weighted by atomic mass is 10.0. The first-order valence-corrected chi connectivity index (χ1v) is 11.5. The summed E-state index contributed by atoms with van der Waals surface area (Å²) in [6.07, 6.45) is 1.95. The van der Waals surface area contributed by atoms with Gasteiger partial charge < -0.3 is 15.2 Å². The van der Waals surface area contributed by atoms with Crippen molar-refractivity contribution in [3.05, 3.63) is 71.5 Å². The smallest absolute Gasteiger partial charge is 0.326 e. The van der Waals surface area contributed by atoms with Crippen molar-refractivity contribution in [1.82, 2.24) is 20.1 Å². The molecule has 4 rings (SSSR count). The van der Waals surface area contributed by atoms with Gasteiger partial charge in [0.15, 0.2) is 5.69 Å². The van der Waals surface area contributed by atoms with Crippen molar-refractivity contribution in [3.8, 4) is 22.7 Å². The standard InChI is InChI=1S/C26H25ClN4O4/c1-15(2)12-21(26(33)34)29-25(32)20-14-23(18-6-4-5-7-24(18)35-3)31(30-20)22-10-11-28-19-13-16(27)8-9-17(19)22/h4-11,13-15,21H,12H2,1-3H3,(H,29,32)(H,33,34)/t21-/m1/s1. The molecule has 0 fully saturated rings. The number of rotatable bonds is 8. The number of carboxylic acid groups (broad SMARTS) is 1. The monoisotopic (exact) mass is 492 g/mol. The number of aliphatic carboxylic acids is 1. The predicted octanol–water partition coefficient (Wildman–Crippen LogP) is 4.98. The molecule has 8 nitrogen and oxygen atoms in total. The Morgan fingerprint density at radius 3 is 2.63 bits per heavy atom. The summed E-state index contributed by atoms with van der Waals surface area (Å²) < 4.78 is 7.20. The van der Waals surface area contributed by atoms with E-state index in [0.29, 0.717) is 34.1 Å². The van der Waals surface area contributed by atoms with Crippen molar-refractivity contribution in [2.75, 3.05) is 7.11 Å². The second-order valence-corrected chi connectivity index (χ2v) is 8.95. The quantitative estimate of drug-likeness (QED) is 0.359. The summed E-state index contributed by atoms with van der Waals surface area (Å²) in [5.74, 6) is -0.971. The molecule has 9 heteroatoms. The van der Waals surface area contributed by atoms with Crippen molar-refractivity contribution in [2.45, 2.75) is 26.3 Å². The molecule has 0 aliphatic heterocycles. The van der Waals surface area contributed by atoms with Gasteiger partial charge in [0.25, 0.3) is 5.91 Å². The zero-order valence-corrected chi connectivity index (χ0v) is 20.3. The highest BCUT2D eigenvalue weighted by Crippen LogP contribution is 2.34. The maximum absolute atomic E-state index is 13.1. The second kappa shape index (κ2) is 10.1. The topological polar surface area (TPSA) is 106 Å². The Morgan fingerprint density at radius 2 is 1.91 bits per heavy atom. The van der Waals surface area contributed by atoms with Crippen LogP contribution in [0.2, 0.25) is 5.02 Å². The minimum atomic E-state index is -1.09. The molecule has 2 heterocycles. The van der Waals surface area contributed by atoms with Crippen LogP contribution in [-0.4, -0.2) is 44.9 Å². The number of carbonyl (C=O) groups excluding carboxylic acids is 1. The minimum absolute atomic E-state index is 0.0832. The number of methoxy groups -OCH3 is 1. The van der Waals surface area contributed by atoms with E-state index < -0.39 is 17.9 Å². The lowest BCUT2D eigenvalue weighted by Crippen LogP contribution is -2.41. The first kappa shape index (κ1) is 24.2. The molecule has 0 spiro atoms. The number of nitrogens with one attached hydrogen (secondary N) is 1. The number of hydrogen-bond donors (Lipinski definition) is 2. The van der Waals surface area contributed by atoms with Crippen LogP contribution >= 0.6 is 11.6 Å². The zero-order valence-electron chi connectivity index (χ0n) is 19.5. The molecule has 0 aliphatic rings. The number of carbonyl (C=O) groups is 2. The summed E-state index contributed by atoms with van der Waals surface area (Å²) in [6.45, 7) is 3.80. The molecule has 0 saturated carbocycles. The van der Waals surface area contributed by atoms with Gasteiger partial charge in [-0.1, -0.05) is 37.6 Å². The van der Waals surface area contributed by atoms with E-state index in [2.05, 4.69) is 15.4 Å². The number of benzene rings is 2. The normalized spacial score (nSPS) is 12.0. The molecule has 0 bridgehead atoms. The second-order valence-electron chi connectivity index (χ2n) is 8.51. The van der Waals surface area contributed by atoms with Gasteiger partial charge in [0.1, 0.15) is 11.8 Å². The van der Waals surface area contributed by atoms with Gasteiger partial charge in [-0.25, -0.2) is 9.48 Å². The number of amides is 1. The van der Waals surface area contributed by atoms with Gasteiger partial charge in [0, 0.05) is 22.2 Å². The Hall–Kier alpha value is -3.91. The summed E-state index contributed by atoms with van der Waals surface area (Å²) >= 11 is 6.16. The van der Waals surface area contributed by atoms with Crippen LogP contribution < -0.4 is 10.1 Å². The Bertz CT molecular complexity index is 1400. The van der Waals surface area contributed by atoms with Crippen LogP contribution in [0.15, 0.2) is 60.8 Å². The zero-order chi connectivity index (χ0) is 25.1. The van der Waals surface area contributed by atoms with E-state index in [4.69, 9.17) is 16.3 Å². The van der Waals surface area contributed by atoms with Crippen LogP contribution in [0, 0.1) is 5.92 Å². The number of para-hydroxylation sites is 1. The molecule has 2 aromatic carbocycles. The fraction of sp³-hybridized carbons (Fsp3) is 0.231. The fourth-order valence-corrected chi connectivity index (χ4v) is 4.11. The van der Waals surface area contributed by atoms with E-state index in [1.807, 2.05) is 44.2 Å². The third-order valence-electron chi connectivity index (χ3n) is 5.55. The molecule has 35 heavy (non-hydrogen) atoms. The molecular formula is C26H25ClN4O4. The molecular weight excluding hydrogens is 468 g/mol. The van der Waals surface area contributed by atoms with Crippen LogP contribution in [0.5, 0.6) is 5.75 Å². The highest BCUT2D eigenvalue weighted by Gasteiger charge is 2.25. The Balaban J connectivity index is 1.87. The van der Waals surface area contributed by atoms with E-state index in [1.165, 1.54) is 0 Å². The van der Waals surface area contributed by atoms with Gasteiger partial charge in [-0.3, -0.25) is 9.78 Å². The number of halogens is 1. The first-order valence-electron chi connectivity index (χ1n) is 11.1. The minimum Gasteiger partial charge on any atom is -0.496 e. The Labute approximate surface area is 207 Å². The highest BCUT2D eigenvalue weighted by molar-refractivity contribution is 6.31. The third-order valence-corrected chi connectivity index (χ3v) is 5.78. The van der Waals surface area contributed by atoms with Crippen molar-refractivity contribution in [3.63, 3.8) is 0 Å². The van der Waals surface area contributed by atoms with Crippen molar-refractivity contribution >= 4 is 34.4 Å². The fourth-order valence-electron chi connectivity index (χ4n) is 3.94. The maximum Gasteiger partial charge on any atom is 0.326 e. The molecule has 0 aliphatic carbocycles. The number of pyridine rings is 1. The Morgan fingerprint density at radius 1 is 1.14 bits per heavy atom. The molecule has 2 N–H and O–H groups in total. The number of aromatic nitrogens is 3. The number of fused-ring (bicyclic) bond motifs is 1. The first-order chi connectivity index (χ1) is 16.8. The van der Waals surface area contributed by atoms with Crippen LogP contribution in [0.4, 0.5) is 0 Å². The van der Waals surface area contributed by atoms with Crippen molar-refractivity contribution in [1.29, 1.82) is 0 Å². The number of nitrogens with zero attached hydrogens (tertiary/aromatic N) is 3.